The molecule has 0 radical (unpaired) electrons. The molecule has 0 aromatic heterocycles. The summed E-state index contributed by atoms with van der Waals surface area (Å²) in [6.07, 6.45) is 8.65. The minimum atomic E-state index is -1.46. The lowest BCUT2D eigenvalue weighted by Crippen LogP contribution is -2.58. The zero-order valence-corrected chi connectivity index (χ0v) is 45.8. The second-order valence-corrected chi connectivity index (χ2v) is 21.4. The maximum Gasteiger partial charge on any atom is 0.416 e. The monoisotopic (exact) mass is 1110 g/mol. The van der Waals surface area contributed by atoms with Crippen molar-refractivity contribution >= 4 is 75.3 Å². The zero-order chi connectivity index (χ0) is 57.2. The van der Waals surface area contributed by atoms with E-state index in [0.29, 0.717) is 140 Å². The van der Waals surface area contributed by atoms with Gasteiger partial charge in [-0.2, -0.15) is 0 Å². The van der Waals surface area contributed by atoms with Gasteiger partial charge in [-0.1, -0.05) is 42.8 Å². The van der Waals surface area contributed by atoms with Crippen LogP contribution in [0.25, 0.3) is 10.8 Å². The average Bonchev–Trinajstić information content (AvgIpc) is 4.22. The smallest absolute Gasteiger partial charge is 0.416 e. The molecule has 21 heteroatoms. The first-order valence-corrected chi connectivity index (χ1v) is 28.3. The number of nitrogens with two attached hydrogens (primary N) is 1. The number of carbonyl (C=O) groups excluding carboxylic acids is 8. The highest BCUT2D eigenvalue weighted by molar-refractivity contribution is 6.13. The number of aliphatic hydroxyl groups excluding tert-OH is 1. The number of hydrogen-bond acceptors (Lipinski definition) is 14. The van der Waals surface area contributed by atoms with Crippen LogP contribution in [0.4, 0.5) is 21.9 Å². The number of benzene rings is 4. The Morgan fingerprint density at radius 2 is 1.57 bits per heavy atom. The van der Waals surface area contributed by atoms with Gasteiger partial charge < -0.3 is 55.9 Å². The molecule has 9 rings (SSSR count). The Balaban J connectivity index is 0.782. The number of nitrogens with zero attached hydrogens (tertiary/aromatic N) is 4. The third-order valence-corrected chi connectivity index (χ3v) is 16.2. The normalized spacial score (nSPS) is 18.2. The van der Waals surface area contributed by atoms with Crippen LogP contribution >= 0.6 is 0 Å². The van der Waals surface area contributed by atoms with Crippen molar-refractivity contribution in [2.45, 2.75) is 128 Å². The van der Waals surface area contributed by atoms with Crippen molar-refractivity contribution in [3.8, 4) is 17.2 Å². The largest absolute Gasteiger partial charge is 0.507 e. The van der Waals surface area contributed by atoms with Crippen LogP contribution in [0.1, 0.15) is 118 Å². The number of methoxy groups -OCH3 is 1. The topological polar surface area (TPSA) is 280 Å². The lowest BCUT2D eigenvalue weighted by molar-refractivity contribution is -0.151. The molecule has 4 aromatic rings. The number of nitrogens with one attached hydrogen (secondary N) is 3. The molecule has 21 nitrogen and oxygen atoms in total. The van der Waals surface area contributed by atoms with E-state index in [9.17, 15) is 48.6 Å². The van der Waals surface area contributed by atoms with Gasteiger partial charge in [-0.3, -0.25) is 38.5 Å². The van der Waals surface area contributed by atoms with Gasteiger partial charge in [0.15, 0.2) is 17.7 Å². The van der Waals surface area contributed by atoms with E-state index in [1.165, 1.54) is 36.3 Å². The number of unbranched alkanes of at least 4 members (excludes halogenated alkanes) is 5. The highest BCUT2D eigenvalue weighted by Crippen LogP contribution is 2.44. The first-order chi connectivity index (χ1) is 39.2. The summed E-state index contributed by atoms with van der Waals surface area (Å²) in [5, 5.41) is 32.9. The molecule has 4 aromatic carbocycles. The van der Waals surface area contributed by atoms with Gasteiger partial charge in [-0.15, -0.1) is 0 Å². The Bertz CT molecular complexity index is 3050. The van der Waals surface area contributed by atoms with Crippen molar-refractivity contribution in [2.24, 2.45) is 11.1 Å². The molecule has 1 saturated heterocycles. The summed E-state index contributed by atoms with van der Waals surface area (Å²) < 4.78 is 17.7. The molecular formula is C60H72N8O13. The SMILES string of the molecule is COc1cc2c(cc1OCCCCCC(=O)N1CCc3c1cc(O)c1ccccc31)N(C(=O)OCc1ccc(NC(=O)[C@H](CCCCN)NC(=O)C3(C(=O)NCCCCCN4C(=O)C=CC4=O)CCC3)cc1)C(O)C1CCCN1C2=O. The molecule has 7 N–H and O–H groups in total. The molecular weight excluding hydrogens is 1040 g/mol. The molecule has 4 aliphatic heterocycles. The number of anilines is 3. The molecule has 4 heterocycles. The van der Waals surface area contributed by atoms with Crippen molar-refractivity contribution in [2.75, 3.05) is 61.6 Å². The van der Waals surface area contributed by atoms with Crippen molar-refractivity contribution in [1.29, 1.82) is 0 Å². The molecule has 5 aliphatic rings. The number of ether oxygens (including phenoxy) is 3. The first-order valence-electron chi connectivity index (χ1n) is 28.3. The first kappa shape index (κ1) is 57.6. The maximum absolute atomic E-state index is 14.2. The van der Waals surface area contributed by atoms with E-state index in [2.05, 4.69) is 16.0 Å². The number of carbonyl (C=O) groups is 8. The van der Waals surface area contributed by atoms with Crippen molar-refractivity contribution in [3.05, 3.63) is 95.6 Å². The van der Waals surface area contributed by atoms with Crippen LogP contribution in [0, 0.1) is 5.41 Å². The van der Waals surface area contributed by atoms with Gasteiger partial charge in [0, 0.05) is 68.0 Å². The van der Waals surface area contributed by atoms with Crippen molar-refractivity contribution in [3.63, 3.8) is 0 Å². The van der Waals surface area contributed by atoms with Gasteiger partial charge in [0.05, 0.1) is 36.7 Å². The summed E-state index contributed by atoms with van der Waals surface area (Å²) >= 11 is 0. The van der Waals surface area contributed by atoms with E-state index in [1.54, 1.807) is 40.1 Å². The van der Waals surface area contributed by atoms with Crippen LogP contribution in [0.15, 0.2) is 78.9 Å². The Kier molecular flexibility index (Phi) is 18.5. The predicted octanol–water partition coefficient (Wildman–Crippen LogP) is 6.10. The van der Waals surface area contributed by atoms with Gasteiger partial charge in [0.2, 0.25) is 23.6 Å². The summed E-state index contributed by atoms with van der Waals surface area (Å²) in [6, 6.07) is 17.2. The highest BCUT2D eigenvalue weighted by Gasteiger charge is 2.51. The van der Waals surface area contributed by atoms with Crippen molar-refractivity contribution < 1.29 is 62.8 Å². The second kappa shape index (κ2) is 26.0. The van der Waals surface area contributed by atoms with E-state index < -0.39 is 47.5 Å². The number of aromatic hydroxyl groups is 1. The molecule has 0 bridgehead atoms. The van der Waals surface area contributed by atoms with Crippen LogP contribution in [-0.4, -0.2) is 132 Å². The van der Waals surface area contributed by atoms with E-state index in [1.807, 2.05) is 24.3 Å². The maximum atomic E-state index is 14.2. The van der Waals surface area contributed by atoms with E-state index >= 15 is 0 Å². The Hall–Kier alpha value is -8.04. The molecule has 430 valence electrons. The number of fused-ring (bicyclic) bond motifs is 5. The van der Waals surface area contributed by atoms with E-state index in [0.717, 1.165) is 26.9 Å². The Morgan fingerprint density at radius 1 is 0.815 bits per heavy atom. The third kappa shape index (κ3) is 12.6. The predicted molar refractivity (Wildman–Crippen MR) is 300 cm³/mol. The number of aliphatic hydroxyl groups is 1. The summed E-state index contributed by atoms with van der Waals surface area (Å²) in [5.41, 5.74) is 7.41. The van der Waals surface area contributed by atoms with Gasteiger partial charge in [-0.05, 0) is 131 Å². The number of hydrogen-bond donors (Lipinski definition) is 6. The number of amides is 8. The summed E-state index contributed by atoms with van der Waals surface area (Å²) in [5.74, 6) is -1.85. The second-order valence-electron chi connectivity index (χ2n) is 21.4. The van der Waals surface area contributed by atoms with Crippen LogP contribution in [0.2, 0.25) is 0 Å². The lowest BCUT2D eigenvalue weighted by atomic mass is 9.67. The van der Waals surface area contributed by atoms with Gasteiger partial charge in [0.1, 0.15) is 23.8 Å². The number of phenols is 1. The lowest BCUT2D eigenvalue weighted by Gasteiger charge is -2.39. The number of rotatable bonds is 25. The third-order valence-electron chi connectivity index (χ3n) is 16.2. The fourth-order valence-electron chi connectivity index (χ4n) is 11.5. The average molecular weight is 1110 g/mol. The Labute approximate surface area is 470 Å². The summed E-state index contributed by atoms with van der Waals surface area (Å²) in [7, 11) is 1.45. The zero-order valence-electron chi connectivity index (χ0n) is 45.8. The van der Waals surface area contributed by atoms with Gasteiger partial charge in [0.25, 0.3) is 17.7 Å². The fourth-order valence-corrected chi connectivity index (χ4v) is 11.5. The molecule has 0 spiro atoms. The number of imide groups is 1. The minimum absolute atomic E-state index is 0.0197. The minimum Gasteiger partial charge on any atom is -0.507 e. The summed E-state index contributed by atoms with van der Waals surface area (Å²) in [6.45, 7) is 1.91. The van der Waals surface area contributed by atoms with Crippen LogP contribution < -0.4 is 41.0 Å². The molecule has 81 heavy (non-hydrogen) atoms. The van der Waals surface area contributed by atoms with Crippen LogP contribution in [0.3, 0.4) is 0 Å². The summed E-state index contributed by atoms with van der Waals surface area (Å²) in [4.78, 5) is 112. The Morgan fingerprint density at radius 3 is 2.30 bits per heavy atom. The van der Waals surface area contributed by atoms with Gasteiger partial charge in [-0.25, -0.2) is 9.69 Å². The molecule has 2 unspecified atom stereocenters. The molecule has 2 fully saturated rings. The van der Waals surface area contributed by atoms with Gasteiger partial charge >= 0.3 is 6.09 Å². The number of phenolic OH excluding ortho intramolecular Hbond substituents is 1. The molecule has 1 aliphatic carbocycles. The molecule has 1 saturated carbocycles. The van der Waals surface area contributed by atoms with Crippen LogP contribution in [-0.2, 0) is 46.5 Å². The van der Waals surface area contributed by atoms with Crippen molar-refractivity contribution in [1.82, 2.24) is 20.4 Å². The molecule has 8 amide bonds. The molecule has 3 atom stereocenters. The highest BCUT2D eigenvalue weighted by atomic mass is 16.6. The fraction of sp³-hybridized carbons (Fsp3) is 0.467. The van der Waals surface area contributed by atoms with E-state index in [-0.39, 0.29) is 71.8 Å². The van der Waals surface area contributed by atoms with E-state index in [4.69, 9.17) is 19.9 Å². The van der Waals surface area contributed by atoms with Crippen LogP contribution in [0.5, 0.6) is 17.2 Å². The quantitative estimate of drug-likeness (QED) is 0.0249. The standard InChI is InChI=1S/C60H72N8O13/c1-79-49-34-43-47(36-50(49)80-33-11-2-4-18-51(70)65-32-25-41-40-14-5-6-15-42(40)48(69)35-46(41)65)68(56(75)45-17-12-31-66(45)55(43)74)59(78)81-37-38-19-21-39(22-20-38)63-54(73)44(16-7-8-28-61)64-58(77)60(26-13-27-60)57(76)62-29-9-3-10-30-67-52(71)23-24-53(67)72/h5-6,14-15,19-24,34-36,44-45,56,69,75H,2-4,7-13,16-18,25-33,37,61H2,1H3,(H,62,76)(H,63,73)(H,64,77)/t44-,45?,56?/m0/s1.